The Labute approximate surface area is 141 Å². The molecular weight excluding hydrogens is 296 g/mol. The number of aliphatic imine (C=N–C) groups is 2. The summed E-state index contributed by atoms with van der Waals surface area (Å²) >= 11 is 0. The SMILES string of the molecule is Nc1cc(N)c(N=Cc2ccccc2)cc1N=Cc1ccccc1. The van der Waals surface area contributed by atoms with Gasteiger partial charge in [-0.1, -0.05) is 60.7 Å². The Kier molecular flexibility index (Phi) is 4.68. The zero-order valence-corrected chi connectivity index (χ0v) is 13.1. The fourth-order valence-electron chi connectivity index (χ4n) is 2.20. The van der Waals surface area contributed by atoms with Crippen molar-refractivity contribution in [3.63, 3.8) is 0 Å². The summed E-state index contributed by atoms with van der Waals surface area (Å²) in [7, 11) is 0. The Morgan fingerprint density at radius 1 is 0.583 bits per heavy atom. The lowest BCUT2D eigenvalue weighted by atomic mass is 10.2. The molecule has 3 aromatic rings. The van der Waals surface area contributed by atoms with Crippen molar-refractivity contribution in [1.82, 2.24) is 0 Å². The van der Waals surface area contributed by atoms with Crippen LogP contribution in [0.2, 0.25) is 0 Å². The van der Waals surface area contributed by atoms with Crippen LogP contribution in [0, 0.1) is 0 Å². The molecule has 0 aliphatic carbocycles. The zero-order chi connectivity index (χ0) is 16.8. The summed E-state index contributed by atoms with van der Waals surface area (Å²) in [5, 5.41) is 0. The number of nitrogen functional groups attached to an aromatic ring is 2. The third-order valence-electron chi connectivity index (χ3n) is 3.48. The Bertz CT molecular complexity index is 798. The van der Waals surface area contributed by atoms with Gasteiger partial charge < -0.3 is 11.5 Å². The zero-order valence-electron chi connectivity index (χ0n) is 13.1. The highest BCUT2D eigenvalue weighted by atomic mass is 14.8. The largest absolute Gasteiger partial charge is 0.397 e. The Morgan fingerprint density at radius 3 is 1.42 bits per heavy atom. The van der Waals surface area contributed by atoms with Crippen LogP contribution >= 0.6 is 0 Å². The van der Waals surface area contributed by atoms with E-state index >= 15 is 0 Å². The second-order valence-corrected chi connectivity index (χ2v) is 5.31. The van der Waals surface area contributed by atoms with Gasteiger partial charge in [0.2, 0.25) is 0 Å². The van der Waals surface area contributed by atoms with E-state index in [0.29, 0.717) is 22.7 Å². The van der Waals surface area contributed by atoms with Crippen LogP contribution in [0.1, 0.15) is 11.1 Å². The minimum atomic E-state index is 0.526. The van der Waals surface area contributed by atoms with Crippen LogP contribution in [0.25, 0.3) is 0 Å². The van der Waals surface area contributed by atoms with Crippen LogP contribution in [-0.4, -0.2) is 12.4 Å². The molecule has 118 valence electrons. The molecule has 0 saturated heterocycles. The summed E-state index contributed by atoms with van der Waals surface area (Å²) in [5.41, 5.74) is 16.4. The van der Waals surface area contributed by atoms with E-state index in [1.807, 2.05) is 60.7 Å². The maximum atomic E-state index is 6.02. The first-order valence-corrected chi connectivity index (χ1v) is 7.59. The van der Waals surface area contributed by atoms with Crippen molar-refractivity contribution in [3.05, 3.63) is 83.9 Å². The summed E-state index contributed by atoms with van der Waals surface area (Å²) in [5.74, 6) is 0. The molecule has 4 N–H and O–H groups in total. The van der Waals surface area contributed by atoms with Crippen LogP contribution in [0.4, 0.5) is 22.7 Å². The highest BCUT2D eigenvalue weighted by molar-refractivity contribution is 5.88. The van der Waals surface area contributed by atoms with Crippen molar-refractivity contribution >= 4 is 35.2 Å². The average Bonchev–Trinajstić information content (AvgIpc) is 2.62. The summed E-state index contributed by atoms with van der Waals surface area (Å²) in [6.07, 6.45) is 3.54. The predicted octanol–water partition coefficient (Wildman–Crippen LogP) is 4.35. The van der Waals surface area contributed by atoms with Crippen molar-refractivity contribution < 1.29 is 0 Å². The van der Waals surface area contributed by atoms with Gasteiger partial charge in [0.15, 0.2) is 0 Å². The van der Waals surface area contributed by atoms with Crippen LogP contribution in [0.3, 0.4) is 0 Å². The number of hydrogen-bond acceptors (Lipinski definition) is 4. The van der Waals surface area contributed by atoms with Crippen molar-refractivity contribution in [2.24, 2.45) is 9.98 Å². The summed E-state index contributed by atoms with van der Waals surface area (Å²) in [6.45, 7) is 0. The van der Waals surface area contributed by atoms with Gasteiger partial charge in [-0.15, -0.1) is 0 Å². The lowest BCUT2D eigenvalue weighted by Crippen LogP contribution is -1.92. The molecule has 3 aromatic carbocycles. The van der Waals surface area contributed by atoms with Gasteiger partial charge in [0, 0.05) is 12.4 Å². The van der Waals surface area contributed by atoms with Crippen molar-refractivity contribution in [3.8, 4) is 0 Å². The molecule has 4 nitrogen and oxygen atoms in total. The quantitative estimate of drug-likeness (QED) is 0.554. The molecule has 0 bridgehead atoms. The fraction of sp³-hybridized carbons (Fsp3) is 0. The normalized spacial score (nSPS) is 11.3. The number of hydrogen-bond donors (Lipinski definition) is 2. The maximum absolute atomic E-state index is 6.02. The molecule has 0 aliphatic rings. The Morgan fingerprint density at radius 2 is 1.00 bits per heavy atom. The van der Waals surface area contributed by atoms with Gasteiger partial charge in [-0.05, 0) is 23.3 Å². The number of benzene rings is 3. The summed E-state index contributed by atoms with van der Waals surface area (Å²) in [4.78, 5) is 8.91. The van der Waals surface area contributed by atoms with Crippen molar-refractivity contribution in [2.75, 3.05) is 11.5 Å². The average molecular weight is 314 g/mol. The van der Waals surface area contributed by atoms with Gasteiger partial charge in [0.25, 0.3) is 0 Å². The minimum Gasteiger partial charge on any atom is -0.397 e. The molecule has 0 heterocycles. The first kappa shape index (κ1) is 15.5. The molecule has 4 heteroatoms. The number of nitrogens with zero attached hydrogens (tertiary/aromatic N) is 2. The molecule has 24 heavy (non-hydrogen) atoms. The molecule has 0 saturated carbocycles. The van der Waals surface area contributed by atoms with Crippen molar-refractivity contribution in [1.29, 1.82) is 0 Å². The van der Waals surface area contributed by atoms with Crippen LogP contribution < -0.4 is 11.5 Å². The van der Waals surface area contributed by atoms with E-state index in [1.165, 1.54) is 0 Å². The molecule has 0 aromatic heterocycles. The van der Waals surface area contributed by atoms with Crippen molar-refractivity contribution in [2.45, 2.75) is 0 Å². The number of anilines is 2. The first-order valence-electron chi connectivity index (χ1n) is 7.59. The Hall–Kier alpha value is -3.40. The van der Waals surface area contributed by atoms with Crippen LogP contribution in [0.15, 0.2) is 82.8 Å². The molecule has 0 radical (unpaired) electrons. The third-order valence-corrected chi connectivity index (χ3v) is 3.48. The minimum absolute atomic E-state index is 0.526. The van der Waals surface area contributed by atoms with Gasteiger partial charge in [0.05, 0.1) is 22.7 Å². The number of rotatable bonds is 4. The number of nitrogens with two attached hydrogens (primary N) is 2. The molecule has 0 spiro atoms. The predicted molar refractivity (Wildman–Crippen MR) is 103 cm³/mol. The lowest BCUT2D eigenvalue weighted by molar-refractivity contribution is 1.47. The van der Waals surface area contributed by atoms with Gasteiger partial charge >= 0.3 is 0 Å². The third kappa shape index (κ3) is 3.87. The van der Waals surface area contributed by atoms with Gasteiger partial charge in [0.1, 0.15) is 0 Å². The standard InChI is InChI=1S/C20H18N4/c21-17-11-18(22)20(24-14-16-9-5-2-6-10-16)12-19(17)23-13-15-7-3-1-4-8-15/h1-14H,21-22H2. The molecule has 0 amide bonds. The Balaban J connectivity index is 1.89. The van der Waals surface area contributed by atoms with Crippen LogP contribution in [0.5, 0.6) is 0 Å². The second kappa shape index (κ2) is 7.24. The van der Waals surface area contributed by atoms with Gasteiger partial charge in [-0.25, -0.2) is 0 Å². The van der Waals surface area contributed by atoms with Gasteiger partial charge in [-0.3, -0.25) is 9.98 Å². The molecule has 0 aliphatic heterocycles. The molecular formula is C20H18N4. The maximum Gasteiger partial charge on any atom is 0.0882 e. The van der Waals surface area contributed by atoms with E-state index < -0.39 is 0 Å². The summed E-state index contributed by atoms with van der Waals surface area (Å²) in [6, 6.07) is 23.2. The molecule has 0 atom stereocenters. The van der Waals surface area contributed by atoms with E-state index in [9.17, 15) is 0 Å². The van der Waals surface area contributed by atoms with E-state index in [4.69, 9.17) is 11.5 Å². The van der Waals surface area contributed by atoms with Crippen LogP contribution in [-0.2, 0) is 0 Å². The molecule has 3 rings (SSSR count). The van der Waals surface area contributed by atoms with E-state index in [-0.39, 0.29) is 0 Å². The van der Waals surface area contributed by atoms with E-state index in [1.54, 1.807) is 24.6 Å². The molecule has 0 unspecified atom stereocenters. The fourth-order valence-corrected chi connectivity index (χ4v) is 2.20. The first-order chi connectivity index (χ1) is 11.7. The molecule has 0 fully saturated rings. The highest BCUT2D eigenvalue weighted by Crippen LogP contribution is 2.33. The van der Waals surface area contributed by atoms with E-state index in [0.717, 1.165) is 11.1 Å². The topological polar surface area (TPSA) is 76.8 Å². The smallest absolute Gasteiger partial charge is 0.0882 e. The van der Waals surface area contributed by atoms with Gasteiger partial charge in [-0.2, -0.15) is 0 Å². The lowest BCUT2D eigenvalue weighted by Gasteiger charge is -2.05. The highest BCUT2D eigenvalue weighted by Gasteiger charge is 2.04. The second-order valence-electron chi connectivity index (χ2n) is 5.31. The van der Waals surface area contributed by atoms with E-state index in [2.05, 4.69) is 9.98 Å². The monoisotopic (exact) mass is 314 g/mol. The summed E-state index contributed by atoms with van der Waals surface area (Å²) < 4.78 is 0.